The van der Waals surface area contributed by atoms with Crippen molar-refractivity contribution in [3.8, 4) is 6.07 Å². The Morgan fingerprint density at radius 1 is 1.27 bits per heavy atom. The van der Waals surface area contributed by atoms with E-state index in [0.29, 0.717) is 42.8 Å². The minimum absolute atomic E-state index is 0.0115. The Hall–Kier alpha value is -2.80. The molecular formula is C21H26N6O3. The molecule has 9 heteroatoms. The predicted octanol–water partition coefficient (Wildman–Crippen LogP) is 0.542. The van der Waals surface area contributed by atoms with E-state index in [4.69, 9.17) is 9.47 Å². The third-order valence-electron chi connectivity index (χ3n) is 5.46. The first-order valence-electron chi connectivity index (χ1n) is 10.2. The van der Waals surface area contributed by atoms with Gasteiger partial charge in [-0.3, -0.25) is 14.8 Å². The van der Waals surface area contributed by atoms with Gasteiger partial charge in [-0.25, -0.2) is 0 Å². The van der Waals surface area contributed by atoms with Crippen LogP contribution in [0.15, 0.2) is 24.5 Å². The molecule has 2 aliphatic rings. The molecule has 2 fully saturated rings. The number of nitriles is 1. The Morgan fingerprint density at radius 2 is 2.07 bits per heavy atom. The van der Waals surface area contributed by atoms with Gasteiger partial charge in [-0.05, 0) is 26.1 Å². The Kier molecular flexibility index (Phi) is 6.08. The molecular weight excluding hydrogens is 384 g/mol. The lowest BCUT2D eigenvalue weighted by Crippen LogP contribution is -2.54. The fraction of sp³-hybridized carbons (Fsp3) is 0.524. The summed E-state index contributed by atoms with van der Waals surface area (Å²) in [5, 5.41) is 12.3. The number of aromatic nitrogens is 2. The molecule has 9 nitrogen and oxygen atoms in total. The van der Waals surface area contributed by atoms with Gasteiger partial charge < -0.3 is 24.6 Å². The van der Waals surface area contributed by atoms with Crippen molar-refractivity contribution >= 4 is 22.6 Å². The second-order valence-corrected chi connectivity index (χ2v) is 7.84. The molecule has 0 bridgehead atoms. The van der Waals surface area contributed by atoms with Crippen molar-refractivity contribution in [1.29, 1.82) is 5.26 Å². The minimum Gasteiger partial charge on any atom is -0.374 e. The van der Waals surface area contributed by atoms with Gasteiger partial charge in [0.05, 0.1) is 36.6 Å². The van der Waals surface area contributed by atoms with E-state index in [1.807, 2.05) is 20.0 Å². The molecule has 0 saturated carbocycles. The Morgan fingerprint density at radius 3 is 2.83 bits per heavy atom. The standard InChI is InChI=1S/C21H26N6O3/c1-14-11-27(17-4-3-15(9-22)19-20(17)24-6-5-23-19)13-18(30-14)21(28)25-10-16-12-26(2)7-8-29-16/h3-6,14,16,18H,7-8,10-13H2,1-2H3,(H,25,28)/t14-,16+,18-/m1/s1. The van der Waals surface area contributed by atoms with Crippen LogP contribution in [-0.4, -0.2) is 85.5 Å². The maximum atomic E-state index is 12.8. The van der Waals surface area contributed by atoms with Crippen LogP contribution in [-0.2, 0) is 14.3 Å². The van der Waals surface area contributed by atoms with Crippen LogP contribution in [0.3, 0.4) is 0 Å². The van der Waals surface area contributed by atoms with Crippen LogP contribution in [0.5, 0.6) is 0 Å². The fourth-order valence-corrected chi connectivity index (χ4v) is 4.00. The third kappa shape index (κ3) is 4.36. The zero-order valence-corrected chi connectivity index (χ0v) is 17.2. The van der Waals surface area contributed by atoms with Gasteiger partial charge in [-0.15, -0.1) is 0 Å². The lowest BCUT2D eigenvalue weighted by atomic mass is 10.1. The van der Waals surface area contributed by atoms with Crippen LogP contribution in [0.25, 0.3) is 11.0 Å². The van der Waals surface area contributed by atoms with E-state index in [-0.39, 0.29) is 18.1 Å². The minimum atomic E-state index is -0.600. The van der Waals surface area contributed by atoms with Gasteiger partial charge in [-0.1, -0.05) is 0 Å². The number of carbonyl (C=O) groups is 1. The fourth-order valence-electron chi connectivity index (χ4n) is 4.00. The number of hydrogen-bond donors (Lipinski definition) is 1. The lowest BCUT2D eigenvalue weighted by molar-refractivity contribution is -0.138. The predicted molar refractivity (Wildman–Crippen MR) is 111 cm³/mol. The molecule has 1 aromatic heterocycles. The summed E-state index contributed by atoms with van der Waals surface area (Å²) < 4.78 is 11.6. The average molecular weight is 410 g/mol. The number of amides is 1. The highest BCUT2D eigenvalue weighted by Gasteiger charge is 2.32. The maximum absolute atomic E-state index is 12.8. The molecule has 1 aromatic carbocycles. The van der Waals surface area contributed by atoms with E-state index in [1.54, 1.807) is 18.5 Å². The summed E-state index contributed by atoms with van der Waals surface area (Å²) in [5.41, 5.74) is 2.55. The molecule has 158 valence electrons. The summed E-state index contributed by atoms with van der Waals surface area (Å²) in [7, 11) is 2.05. The van der Waals surface area contributed by atoms with E-state index in [0.717, 1.165) is 18.8 Å². The van der Waals surface area contributed by atoms with Gasteiger partial charge in [0.15, 0.2) is 6.10 Å². The van der Waals surface area contributed by atoms with Crippen LogP contribution >= 0.6 is 0 Å². The molecule has 0 unspecified atom stereocenters. The Labute approximate surface area is 175 Å². The molecule has 3 atom stereocenters. The molecule has 2 saturated heterocycles. The summed E-state index contributed by atoms with van der Waals surface area (Å²) in [6.07, 6.45) is 2.45. The molecule has 0 spiro atoms. The van der Waals surface area contributed by atoms with E-state index in [9.17, 15) is 10.1 Å². The molecule has 1 N–H and O–H groups in total. The topological polar surface area (TPSA) is 104 Å². The van der Waals surface area contributed by atoms with E-state index in [1.165, 1.54) is 0 Å². The summed E-state index contributed by atoms with van der Waals surface area (Å²) in [6, 6.07) is 5.78. The number of morpholine rings is 2. The first kappa shape index (κ1) is 20.5. The van der Waals surface area contributed by atoms with Crippen LogP contribution in [0, 0.1) is 11.3 Å². The zero-order chi connectivity index (χ0) is 21.1. The molecule has 1 amide bonds. The number of anilines is 1. The van der Waals surface area contributed by atoms with Gasteiger partial charge >= 0.3 is 0 Å². The van der Waals surface area contributed by atoms with E-state index in [2.05, 4.69) is 31.2 Å². The number of hydrogen-bond acceptors (Lipinski definition) is 8. The van der Waals surface area contributed by atoms with E-state index < -0.39 is 6.10 Å². The molecule has 0 aliphatic carbocycles. The largest absolute Gasteiger partial charge is 0.374 e. The van der Waals surface area contributed by atoms with Crippen LogP contribution in [0.4, 0.5) is 5.69 Å². The SMILES string of the molecule is C[C@@H]1CN(c2ccc(C#N)c3nccnc23)C[C@H](C(=O)NC[C@H]2CN(C)CCO2)O1. The molecule has 0 radical (unpaired) electrons. The summed E-state index contributed by atoms with van der Waals surface area (Å²) >= 11 is 0. The van der Waals surface area contributed by atoms with Gasteiger partial charge in [0.25, 0.3) is 5.91 Å². The second kappa shape index (κ2) is 8.92. The number of benzene rings is 1. The van der Waals surface area contributed by atoms with Gasteiger partial charge in [-0.2, -0.15) is 5.26 Å². The first-order chi connectivity index (χ1) is 14.5. The van der Waals surface area contributed by atoms with Crippen molar-refractivity contribution in [2.24, 2.45) is 0 Å². The third-order valence-corrected chi connectivity index (χ3v) is 5.46. The number of likely N-dealkylation sites (N-methyl/N-ethyl adjacent to an activating group) is 1. The second-order valence-electron chi connectivity index (χ2n) is 7.84. The highest BCUT2D eigenvalue weighted by atomic mass is 16.5. The molecule has 2 aliphatic heterocycles. The molecule has 3 heterocycles. The summed E-state index contributed by atoms with van der Waals surface area (Å²) in [5.74, 6) is -0.146. The van der Waals surface area contributed by atoms with Crippen molar-refractivity contribution in [3.63, 3.8) is 0 Å². The highest BCUT2D eigenvalue weighted by Crippen LogP contribution is 2.28. The van der Waals surface area contributed by atoms with Gasteiger partial charge in [0, 0.05) is 38.6 Å². The monoisotopic (exact) mass is 410 g/mol. The van der Waals surface area contributed by atoms with Crippen molar-refractivity contribution in [2.75, 3.05) is 51.3 Å². The quantitative estimate of drug-likeness (QED) is 0.779. The summed E-state index contributed by atoms with van der Waals surface area (Å²) in [4.78, 5) is 25.9. The van der Waals surface area contributed by atoms with Gasteiger partial charge in [0.2, 0.25) is 0 Å². The number of rotatable bonds is 4. The van der Waals surface area contributed by atoms with Gasteiger partial charge in [0.1, 0.15) is 17.1 Å². The average Bonchev–Trinajstić information content (AvgIpc) is 2.76. The smallest absolute Gasteiger partial charge is 0.251 e. The molecule has 2 aromatic rings. The van der Waals surface area contributed by atoms with Crippen LogP contribution < -0.4 is 10.2 Å². The van der Waals surface area contributed by atoms with Crippen molar-refractivity contribution < 1.29 is 14.3 Å². The molecule has 30 heavy (non-hydrogen) atoms. The normalized spacial score (nSPS) is 25.1. The summed E-state index contributed by atoms with van der Waals surface area (Å²) in [6.45, 7) is 5.81. The number of ether oxygens (including phenoxy) is 2. The first-order valence-corrected chi connectivity index (χ1v) is 10.2. The number of nitrogens with zero attached hydrogens (tertiary/aromatic N) is 5. The van der Waals surface area contributed by atoms with Crippen LogP contribution in [0.1, 0.15) is 12.5 Å². The number of fused-ring (bicyclic) bond motifs is 1. The number of nitrogens with one attached hydrogen (secondary N) is 1. The zero-order valence-electron chi connectivity index (χ0n) is 17.2. The highest BCUT2D eigenvalue weighted by molar-refractivity contribution is 5.92. The Balaban J connectivity index is 1.48. The Bertz CT molecular complexity index is 961. The van der Waals surface area contributed by atoms with E-state index >= 15 is 0 Å². The number of carbonyl (C=O) groups excluding carboxylic acids is 1. The van der Waals surface area contributed by atoms with Crippen molar-refractivity contribution in [1.82, 2.24) is 20.2 Å². The maximum Gasteiger partial charge on any atom is 0.251 e. The van der Waals surface area contributed by atoms with Crippen molar-refractivity contribution in [2.45, 2.75) is 25.2 Å². The van der Waals surface area contributed by atoms with Crippen molar-refractivity contribution in [3.05, 3.63) is 30.1 Å². The van der Waals surface area contributed by atoms with Crippen LogP contribution in [0.2, 0.25) is 0 Å². The lowest BCUT2D eigenvalue weighted by Gasteiger charge is -2.38. The molecule has 4 rings (SSSR count).